The molecule has 15 heavy (non-hydrogen) atoms. The van der Waals surface area contributed by atoms with Crippen LogP contribution in [0.25, 0.3) is 12.2 Å². The first kappa shape index (κ1) is 9.59. The molecule has 2 aromatic rings. The Hall–Kier alpha value is -1.96. The summed E-state index contributed by atoms with van der Waals surface area (Å²) in [6.07, 6.45) is 7.95. The third-order valence-electron chi connectivity index (χ3n) is 2.12. The molecule has 0 saturated heterocycles. The van der Waals surface area contributed by atoms with Crippen molar-refractivity contribution in [3.63, 3.8) is 0 Å². The maximum Gasteiger partial charge on any atom is 0.203 e. The molecule has 0 fully saturated rings. The number of hydrogen-bond donors (Lipinski definition) is 0. The van der Waals surface area contributed by atoms with Gasteiger partial charge in [-0.3, -0.25) is 0 Å². The van der Waals surface area contributed by atoms with E-state index in [1.807, 2.05) is 37.5 Å². The highest BCUT2D eigenvalue weighted by atomic mass is 15.2. The van der Waals surface area contributed by atoms with Crippen LogP contribution >= 0.6 is 0 Å². The summed E-state index contributed by atoms with van der Waals surface area (Å²) in [5, 5.41) is 4.08. The highest BCUT2D eigenvalue weighted by Gasteiger charge is 1.94. The zero-order chi connectivity index (χ0) is 10.5. The predicted octanol–water partition coefficient (Wildman–Crippen LogP) is 2.08. The maximum atomic E-state index is 4.08. The van der Waals surface area contributed by atoms with Crippen LogP contribution in [0.5, 0.6) is 0 Å². The molecule has 0 radical (unpaired) electrons. The standard InChI is InChI=1S/C13H13N2/c1-15-11-13(9-10-14-15)8-7-12-5-3-2-4-6-12/h2-11H,1H3/q+1/b8-7+. The molecular formula is C13H13N2+. The Bertz CT molecular complexity index is 461. The first-order valence-electron chi connectivity index (χ1n) is 4.90. The van der Waals surface area contributed by atoms with Crippen LogP contribution in [0.1, 0.15) is 11.1 Å². The average Bonchev–Trinajstić information content (AvgIpc) is 2.28. The summed E-state index contributed by atoms with van der Waals surface area (Å²) < 4.78 is 1.80. The molecule has 1 aromatic carbocycles. The van der Waals surface area contributed by atoms with E-state index in [0.717, 1.165) is 5.56 Å². The lowest BCUT2D eigenvalue weighted by Crippen LogP contribution is -2.31. The van der Waals surface area contributed by atoms with E-state index in [-0.39, 0.29) is 0 Å². The van der Waals surface area contributed by atoms with Crippen molar-refractivity contribution >= 4 is 12.2 Å². The second-order valence-electron chi connectivity index (χ2n) is 3.38. The number of aromatic nitrogens is 2. The summed E-state index contributed by atoms with van der Waals surface area (Å²) in [5.41, 5.74) is 2.35. The molecule has 0 atom stereocenters. The fourth-order valence-electron chi connectivity index (χ4n) is 1.37. The van der Waals surface area contributed by atoms with Crippen LogP contribution in [-0.2, 0) is 7.05 Å². The largest absolute Gasteiger partial charge is 0.203 e. The minimum absolute atomic E-state index is 1.15. The number of aryl methyl sites for hydroxylation is 1. The Labute approximate surface area is 89.5 Å². The predicted molar refractivity (Wildman–Crippen MR) is 60.8 cm³/mol. The van der Waals surface area contributed by atoms with Gasteiger partial charge < -0.3 is 0 Å². The summed E-state index contributed by atoms with van der Waals surface area (Å²) >= 11 is 0. The number of nitrogens with zero attached hydrogens (tertiary/aromatic N) is 2. The van der Waals surface area contributed by atoms with E-state index in [2.05, 4.69) is 29.4 Å². The van der Waals surface area contributed by atoms with Gasteiger partial charge in [0, 0.05) is 5.56 Å². The first-order chi connectivity index (χ1) is 7.34. The van der Waals surface area contributed by atoms with Gasteiger partial charge in [0.05, 0.1) is 6.20 Å². The molecule has 1 heterocycles. The molecule has 0 saturated carbocycles. The summed E-state index contributed by atoms with van der Waals surface area (Å²) in [5.74, 6) is 0. The third kappa shape index (κ3) is 2.74. The lowest BCUT2D eigenvalue weighted by Gasteiger charge is -1.91. The van der Waals surface area contributed by atoms with Gasteiger partial charge in [0.25, 0.3) is 0 Å². The van der Waals surface area contributed by atoms with Crippen molar-refractivity contribution in [1.82, 2.24) is 5.10 Å². The number of hydrogen-bond acceptors (Lipinski definition) is 1. The third-order valence-corrected chi connectivity index (χ3v) is 2.12. The van der Waals surface area contributed by atoms with Crippen LogP contribution in [0.2, 0.25) is 0 Å². The van der Waals surface area contributed by atoms with Crippen LogP contribution in [0.4, 0.5) is 0 Å². The van der Waals surface area contributed by atoms with Crippen LogP contribution < -0.4 is 4.68 Å². The van der Waals surface area contributed by atoms with Gasteiger partial charge in [-0.15, -0.1) is 0 Å². The van der Waals surface area contributed by atoms with Crippen LogP contribution in [-0.4, -0.2) is 5.10 Å². The number of rotatable bonds is 2. The Morgan fingerprint density at radius 3 is 2.47 bits per heavy atom. The van der Waals surface area contributed by atoms with E-state index in [1.165, 1.54) is 5.56 Å². The minimum atomic E-state index is 1.15. The summed E-state index contributed by atoms with van der Waals surface area (Å²) in [6.45, 7) is 0. The lowest BCUT2D eigenvalue weighted by molar-refractivity contribution is -0.731. The van der Waals surface area contributed by atoms with Crippen molar-refractivity contribution in [1.29, 1.82) is 0 Å². The fourth-order valence-corrected chi connectivity index (χ4v) is 1.37. The second kappa shape index (κ2) is 4.51. The molecule has 0 aliphatic heterocycles. The van der Waals surface area contributed by atoms with Gasteiger partial charge >= 0.3 is 0 Å². The molecule has 0 unspecified atom stereocenters. The quantitative estimate of drug-likeness (QED) is 0.673. The SMILES string of the molecule is C[n+]1cc(/C=C/c2ccccc2)ccn1. The second-order valence-corrected chi connectivity index (χ2v) is 3.38. The molecule has 0 aliphatic rings. The zero-order valence-electron chi connectivity index (χ0n) is 8.67. The van der Waals surface area contributed by atoms with Crippen molar-refractivity contribution in [2.75, 3.05) is 0 Å². The normalized spacial score (nSPS) is 10.7. The summed E-state index contributed by atoms with van der Waals surface area (Å²) in [7, 11) is 1.92. The van der Waals surface area contributed by atoms with E-state index >= 15 is 0 Å². The van der Waals surface area contributed by atoms with Crippen LogP contribution in [0.3, 0.4) is 0 Å². The number of benzene rings is 1. The molecule has 0 spiro atoms. The van der Waals surface area contributed by atoms with Gasteiger partial charge in [-0.05, 0) is 22.8 Å². The molecule has 0 amide bonds. The molecule has 0 N–H and O–H groups in total. The summed E-state index contributed by atoms with van der Waals surface area (Å²) in [4.78, 5) is 0. The fraction of sp³-hybridized carbons (Fsp3) is 0.0769. The smallest absolute Gasteiger partial charge is 0.0934 e. The van der Waals surface area contributed by atoms with Gasteiger partial charge in [0.1, 0.15) is 0 Å². The van der Waals surface area contributed by atoms with Crippen molar-refractivity contribution in [2.24, 2.45) is 7.05 Å². The Balaban J connectivity index is 2.19. The lowest BCUT2D eigenvalue weighted by atomic mass is 10.2. The minimum Gasteiger partial charge on any atom is -0.0934 e. The van der Waals surface area contributed by atoms with Crippen molar-refractivity contribution in [2.45, 2.75) is 0 Å². The Morgan fingerprint density at radius 1 is 1.00 bits per heavy atom. The Kier molecular flexibility index (Phi) is 2.88. The molecule has 0 bridgehead atoms. The summed E-state index contributed by atoms with van der Waals surface area (Å²) in [6, 6.07) is 12.2. The highest BCUT2D eigenvalue weighted by molar-refractivity contribution is 5.68. The van der Waals surface area contributed by atoms with Crippen LogP contribution in [0.15, 0.2) is 48.8 Å². The van der Waals surface area contributed by atoms with E-state index in [4.69, 9.17) is 0 Å². The van der Waals surface area contributed by atoms with Crippen molar-refractivity contribution in [3.8, 4) is 0 Å². The molecule has 1 aromatic heterocycles. The van der Waals surface area contributed by atoms with Gasteiger partial charge in [-0.1, -0.05) is 41.1 Å². The van der Waals surface area contributed by atoms with Crippen molar-refractivity contribution in [3.05, 3.63) is 59.9 Å². The van der Waals surface area contributed by atoms with Gasteiger partial charge in [-0.2, -0.15) is 0 Å². The van der Waals surface area contributed by atoms with Gasteiger partial charge in [-0.25, -0.2) is 0 Å². The van der Waals surface area contributed by atoms with E-state index < -0.39 is 0 Å². The van der Waals surface area contributed by atoms with Gasteiger partial charge in [0.2, 0.25) is 6.20 Å². The van der Waals surface area contributed by atoms with Crippen molar-refractivity contribution < 1.29 is 4.68 Å². The average molecular weight is 197 g/mol. The molecule has 2 heteroatoms. The maximum absolute atomic E-state index is 4.08. The Morgan fingerprint density at radius 2 is 1.73 bits per heavy atom. The zero-order valence-corrected chi connectivity index (χ0v) is 8.67. The molecule has 74 valence electrons. The van der Waals surface area contributed by atoms with E-state index in [9.17, 15) is 0 Å². The molecular weight excluding hydrogens is 184 g/mol. The van der Waals surface area contributed by atoms with E-state index in [0.29, 0.717) is 0 Å². The van der Waals surface area contributed by atoms with Crippen LogP contribution in [0, 0.1) is 0 Å². The molecule has 2 nitrogen and oxygen atoms in total. The van der Waals surface area contributed by atoms with E-state index in [1.54, 1.807) is 10.9 Å². The first-order valence-corrected chi connectivity index (χ1v) is 4.90. The highest BCUT2D eigenvalue weighted by Crippen LogP contribution is 2.05. The topological polar surface area (TPSA) is 16.8 Å². The molecule has 0 aliphatic carbocycles. The monoisotopic (exact) mass is 197 g/mol. The van der Waals surface area contributed by atoms with Gasteiger partial charge in [0.15, 0.2) is 7.05 Å². The molecule has 2 rings (SSSR count).